The number of carbonyl (C=O) groups is 2. The van der Waals surface area contributed by atoms with E-state index in [2.05, 4.69) is 12.2 Å². The van der Waals surface area contributed by atoms with Crippen LogP contribution in [0, 0.1) is 12.8 Å². The number of ether oxygens (including phenoxy) is 1. The smallest absolute Gasteiger partial charge is 0.324 e. The summed E-state index contributed by atoms with van der Waals surface area (Å²) < 4.78 is 6.03. The topological polar surface area (TPSA) is 61.9 Å². The molecule has 4 rings (SSSR count). The zero-order chi connectivity index (χ0) is 19.0. The Morgan fingerprint density at radius 3 is 2.59 bits per heavy atom. The zero-order valence-electron chi connectivity index (χ0n) is 16.2. The number of amides is 3. The van der Waals surface area contributed by atoms with Crippen molar-refractivity contribution >= 4 is 17.6 Å². The SMILES string of the molecule is CC[C@H]1CN(C(=O)N2CCC(C(=O)NC3CC3)CC2)c2cc(C)ccc2O1. The third kappa shape index (κ3) is 3.89. The van der Waals surface area contributed by atoms with Crippen LogP contribution in [-0.2, 0) is 4.79 Å². The lowest BCUT2D eigenvalue weighted by Crippen LogP contribution is -2.52. The van der Waals surface area contributed by atoms with Crippen LogP contribution in [0.25, 0.3) is 0 Å². The first-order valence-electron chi connectivity index (χ1n) is 10.2. The molecule has 0 radical (unpaired) electrons. The van der Waals surface area contributed by atoms with Crippen molar-refractivity contribution in [1.29, 1.82) is 0 Å². The number of likely N-dealkylation sites (tertiary alicyclic amines) is 1. The predicted octanol–water partition coefficient (Wildman–Crippen LogP) is 3.08. The molecule has 1 saturated heterocycles. The van der Waals surface area contributed by atoms with E-state index in [4.69, 9.17) is 4.74 Å². The van der Waals surface area contributed by atoms with Gasteiger partial charge >= 0.3 is 6.03 Å². The number of nitrogens with zero attached hydrogens (tertiary/aromatic N) is 2. The molecule has 2 fully saturated rings. The molecule has 2 heterocycles. The fraction of sp³-hybridized carbons (Fsp3) is 0.619. The van der Waals surface area contributed by atoms with Crippen molar-refractivity contribution in [3.8, 4) is 5.75 Å². The monoisotopic (exact) mass is 371 g/mol. The minimum Gasteiger partial charge on any atom is -0.486 e. The lowest BCUT2D eigenvalue weighted by Gasteiger charge is -2.39. The lowest BCUT2D eigenvalue weighted by molar-refractivity contribution is -0.126. The Balaban J connectivity index is 1.43. The van der Waals surface area contributed by atoms with E-state index >= 15 is 0 Å². The highest BCUT2D eigenvalue weighted by Crippen LogP contribution is 2.36. The summed E-state index contributed by atoms with van der Waals surface area (Å²) in [6.07, 6.45) is 4.58. The van der Waals surface area contributed by atoms with Crippen LogP contribution in [0.5, 0.6) is 5.75 Å². The number of fused-ring (bicyclic) bond motifs is 1. The van der Waals surface area contributed by atoms with Gasteiger partial charge in [0.1, 0.15) is 11.9 Å². The number of hydrogen-bond acceptors (Lipinski definition) is 3. The van der Waals surface area contributed by atoms with E-state index in [9.17, 15) is 9.59 Å². The van der Waals surface area contributed by atoms with Gasteiger partial charge in [-0.15, -0.1) is 0 Å². The Kier molecular flexibility index (Phi) is 4.98. The highest BCUT2D eigenvalue weighted by atomic mass is 16.5. The van der Waals surface area contributed by atoms with Gasteiger partial charge in [-0.05, 0) is 56.7 Å². The first kappa shape index (κ1) is 18.1. The van der Waals surface area contributed by atoms with Crippen molar-refractivity contribution in [2.45, 2.75) is 58.1 Å². The second kappa shape index (κ2) is 7.41. The molecule has 1 aromatic carbocycles. The van der Waals surface area contributed by atoms with Gasteiger partial charge in [0.15, 0.2) is 0 Å². The van der Waals surface area contributed by atoms with Gasteiger partial charge in [0, 0.05) is 25.0 Å². The van der Waals surface area contributed by atoms with E-state index in [0.29, 0.717) is 25.7 Å². The molecule has 27 heavy (non-hydrogen) atoms. The molecule has 6 nitrogen and oxygen atoms in total. The van der Waals surface area contributed by atoms with E-state index in [1.54, 1.807) is 0 Å². The quantitative estimate of drug-likeness (QED) is 0.888. The van der Waals surface area contributed by atoms with Crippen molar-refractivity contribution in [2.75, 3.05) is 24.5 Å². The van der Waals surface area contributed by atoms with Crippen LogP contribution in [0.4, 0.5) is 10.5 Å². The maximum Gasteiger partial charge on any atom is 0.324 e. The van der Waals surface area contributed by atoms with Gasteiger partial charge in [0.25, 0.3) is 0 Å². The molecule has 3 amide bonds. The second-order valence-electron chi connectivity index (χ2n) is 8.06. The highest BCUT2D eigenvalue weighted by Gasteiger charge is 2.35. The van der Waals surface area contributed by atoms with Gasteiger partial charge in [-0.1, -0.05) is 13.0 Å². The number of benzene rings is 1. The van der Waals surface area contributed by atoms with Crippen LogP contribution in [-0.4, -0.2) is 48.6 Å². The zero-order valence-corrected chi connectivity index (χ0v) is 16.2. The number of nitrogens with one attached hydrogen (secondary N) is 1. The van der Waals surface area contributed by atoms with Crippen molar-refractivity contribution in [2.24, 2.45) is 5.92 Å². The second-order valence-corrected chi connectivity index (χ2v) is 8.06. The number of rotatable bonds is 3. The number of urea groups is 1. The molecular formula is C21H29N3O3. The summed E-state index contributed by atoms with van der Waals surface area (Å²) in [7, 11) is 0. The van der Waals surface area contributed by atoms with E-state index in [0.717, 1.165) is 49.1 Å². The van der Waals surface area contributed by atoms with Crippen LogP contribution in [0.1, 0.15) is 44.6 Å². The largest absolute Gasteiger partial charge is 0.486 e. The van der Waals surface area contributed by atoms with Crippen LogP contribution in [0.15, 0.2) is 18.2 Å². The Labute approximate surface area is 160 Å². The molecule has 6 heteroatoms. The van der Waals surface area contributed by atoms with E-state index in [1.165, 1.54) is 0 Å². The number of piperidine rings is 1. The van der Waals surface area contributed by atoms with Crippen molar-refractivity contribution < 1.29 is 14.3 Å². The fourth-order valence-corrected chi connectivity index (χ4v) is 3.90. The molecule has 146 valence electrons. The minimum absolute atomic E-state index is 0.0195. The molecule has 0 aromatic heterocycles. The number of hydrogen-bond donors (Lipinski definition) is 1. The Hall–Kier alpha value is -2.24. The first-order valence-corrected chi connectivity index (χ1v) is 10.2. The molecule has 3 aliphatic rings. The predicted molar refractivity (Wildman–Crippen MR) is 104 cm³/mol. The third-order valence-corrected chi connectivity index (χ3v) is 5.83. The maximum atomic E-state index is 13.2. The van der Waals surface area contributed by atoms with Crippen molar-refractivity contribution in [3.05, 3.63) is 23.8 Å². The van der Waals surface area contributed by atoms with Gasteiger partial charge in [0.2, 0.25) is 5.91 Å². The number of anilines is 1. The molecule has 2 aliphatic heterocycles. The number of carbonyl (C=O) groups excluding carboxylic acids is 2. The molecule has 1 N–H and O–H groups in total. The van der Waals surface area contributed by atoms with E-state index < -0.39 is 0 Å². The molecule has 1 atom stereocenters. The summed E-state index contributed by atoms with van der Waals surface area (Å²) in [5, 5.41) is 3.09. The van der Waals surface area contributed by atoms with Gasteiger partial charge in [0.05, 0.1) is 12.2 Å². The summed E-state index contributed by atoms with van der Waals surface area (Å²) >= 11 is 0. The van der Waals surface area contributed by atoms with Gasteiger partial charge in [-0.25, -0.2) is 4.79 Å². The summed E-state index contributed by atoms with van der Waals surface area (Å²) in [5.41, 5.74) is 1.97. The summed E-state index contributed by atoms with van der Waals surface area (Å²) in [5.74, 6) is 0.992. The molecule has 1 aromatic rings. The summed E-state index contributed by atoms with van der Waals surface area (Å²) in [4.78, 5) is 29.3. The van der Waals surface area contributed by atoms with Crippen LogP contribution < -0.4 is 15.0 Å². The summed E-state index contributed by atoms with van der Waals surface area (Å²) in [6, 6.07) is 6.43. The van der Waals surface area contributed by atoms with E-state index in [-0.39, 0.29) is 24.0 Å². The van der Waals surface area contributed by atoms with E-state index in [1.807, 2.05) is 34.9 Å². The normalized spacial score (nSPS) is 22.8. The standard InChI is InChI=1S/C21H29N3O3/c1-3-17-13-24(18-12-14(2)4-7-19(18)27-17)21(26)23-10-8-15(9-11-23)20(25)22-16-5-6-16/h4,7,12,15-17H,3,5-6,8-11,13H2,1-2H3,(H,22,25)/t17-/m0/s1. The average molecular weight is 371 g/mol. The van der Waals surface area contributed by atoms with Crippen LogP contribution in [0.3, 0.4) is 0 Å². The highest BCUT2D eigenvalue weighted by molar-refractivity contribution is 5.94. The van der Waals surface area contributed by atoms with Gasteiger partial charge < -0.3 is 15.0 Å². The molecule has 1 saturated carbocycles. The van der Waals surface area contributed by atoms with Crippen molar-refractivity contribution in [1.82, 2.24) is 10.2 Å². The van der Waals surface area contributed by atoms with Crippen molar-refractivity contribution in [3.63, 3.8) is 0 Å². The molecule has 0 unspecified atom stereocenters. The van der Waals surface area contributed by atoms with Gasteiger partial charge in [-0.2, -0.15) is 0 Å². The molecule has 0 spiro atoms. The molecular weight excluding hydrogens is 342 g/mol. The fourth-order valence-electron chi connectivity index (χ4n) is 3.90. The lowest BCUT2D eigenvalue weighted by atomic mass is 9.96. The Bertz CT molecular complexity index is 723. The third-order valence-electron chi connectivity index (χ3n) is 5.83. The average Bonchev–Trinajstić information content (AvgIpc) is 3.50. The minimum atomic E-state index is 0.0195. The van der Waals surface area contributed by atoms with Crippen LogP contribution >= 0.6 is 0 Å². The Morgan fingerprint density at radius 2 is 1.93 bits per heavy atom. The first-order chi connectivity index (χ1) is 13.0. The molecule has 1 aliphatic carbocycles. The van der Waals surface area contributed by atoms with Crippen LogP contribution in [0.2, 0.25) is 0 Å². The van der Waals surface area contributed by atoms with Gasteiger partial charge in [-0.3, -0.25) is 9.69 Å². The maximum absolute atomic E-state index is 13.2. The molecule has 0 bridgehead atoms. The number of aryl methyl sites for hydroxylation is 1. The summed E-state index contributed by atoms with van der Waals surface area (Å²) in [6.45, 7) is 5.96. The Morgan fingerprint density at radius 1 is 1.19 bits per heavy atom.